The van der Waals surface area contributed by atoms with Crippen molar-refractivity contribution in [1.82, 2.24) is 10.3 Å². The van der Waals surface area contributed by atoms with Crippen molar-refractivity contribution in [2.45, 2.75) is 26.3 Å². The highest BCUT2D eigenvalue weighted by Crippen LogP contribution is 2.15. The number of carbonyl (C=O) groups excluding carboxylic acids is 1. The number of benzene rings is 1. The number of rotatable bonds is 3. The maximum atomic E-state index is 11.6. The molecule has 1 aromatic carbocycles. The van der Waals surface area contributed by atoms with Gasteiger partial charge in [-0.1, -0.05) is 6.92 Å². The first kappa shape index (κ1) is 12.2. The van der Waals surface area contributed by atoms with Crippen LogP contribution in [0.5, 0.6) is 0 Å². The van der Waals surface area contributed by atoms with Gasteiger partial charge < -0.3 is 15.1 Å². The normalized spacial score (nSPS) is 12.3. The Balaban J connectivity index is 2.11. The number of aromatic amines is 1. The number of amides is 2. The Morgan fingerprint density at radius 1 is 1.50 bits per heavy atom. The molecule has 6 nitrogen and oxygen atoms in total. The minimum Gasteiger partial charge on any atom is -0.408 e. The van der Waals surface area contributed by atoms with E-state index in [2.05, 4.69) is 15.6 Å². The minimum absolute atomic E-state index is 0.113. The molecular formula is C12H15N3O3. The lowest BCUT2D eigenvalue weighted by molar-refractivity contribution is 0.249. The second-order valence-corrected chi connectivity index (χ2v) is 4.13. The number of H-pyrrole nitrogens is 1. The minimum atomic E-state index is -0.508. The maximum Gasteiger partial charge on any atom is 0.417 e. The third kappa shape index (κ3) is 2.71. The number of aromatic nitrogens is 1. The van der Waals surface area contributed by atoms with E-state index in [0.717, 1.165) is 6.42 Å². The average molecular weight is 249 g/mol. The van der Waals surface area contributed by atoms with Crippen molar-refractivity contribution in [2.24, 2.45) is 0 Å². The van der Waals surface area contributed by atoms with E-state index in [0.29, 0.717) is 16.8 Å². The van der Waals surface area contributed by atoms with Crippen molar-refractivity contribution in [1.29, 1.82) is 0 Å². The van der Waals surface area contributed by atoms with Crippen molar-refractivity contribution in [3.8, 4) is 0 Å². The van der Waals surface area contributed by atoms with Gasteiger partial charge in [0.15, 0.2) is 5.58 Å². The van der Waals surface area contributed by atoms with E-state index in [9.17, 15) is 9.59 Å². The Morgan fingerprint density at radius 2 is 2.28 bits per heavy atom. The van der Waals surface area contributed by atoms with Crippen LogP contribution in [0.4, 0.5) is 10.5 Å². The molecule has 0 saturated carbocycles. The Labute approximate surface area is 103 Å². The van der Waals surface area contributed by atoms with E-state index in [4.69, 9.17) is 4.42 Å². The first-order chi connectivity index (χ1) is 8.58. The van der Waals surface area contributed by atoms with Crippen LogP contribution in [0.25, 0.3) is 11.1 Å². The molecule has 6 heteroatoms. The smallest absolute Gasteiger partial charge is 0.408 e. The summed E-state index contributed by atoms with van der Waals surface area (Å²) in [6, 6.07) is 4.80. The summed E-state index contributed by atoms with van der Waals surface area (Å²) in [7, 11) is 0. The highest BCUT2D eigenvalue weighted by Gasteiger charge is 2.07. The van der Waals surface area contributed by atoms with Crippen molar-refractivity contribution >= 4 is 22.8 Å². The van der Waals surface area contributed by atoms with E-state index in [1.807, 2.05) is 13.8 Å². The molecule has 0 fully saturated rings. The predicted molar refractivity (Wildman–Crippen MR) is 68.7 cm³/mol. The van der Waals surface area contributed by atoms with Gasteiger partial charge in [-0.05, 0) is 31.5 Å². The van der Waals surface area contributed by atoms with Crippen LogP contribution in [0, 0.1) is 0 Å². The summed E-state index contributed by atoms with van der Waals surface area (Å²) in [4.78, 5) is 25.1. The van der Waals surface area contributed by atoms with Crippen molar-refractivity contribution in [3.63, 3.8) is 0 Å². The predicted octanol–water partition coefficient (Wildman–Crippen LogP) is 2.04. The van der Waals surface area contributed by atoms with Crippen LogP contribution in [0.3, 0.4) is 0 Å². The summed E-state index contributed by atoms with van der Waals surface area (Å²) in [5, 5.41) is 5.48. The van der Waals surface area contributed by atoms with E-state index in [1.54, 1.807) is 18.2 Å². The number of hydrogen-bond acceptors (Lipinski definition) is 3. The highest BCUT2D eigenvalue weighted by molar-refractivity contribution is 5.91. The average Bonchev–Trinajstić information content (AvgIpc) is 2.68. The van der Waals surface area contributed by atoms with E-state index >= 15 is 0 Å². The molecule has 1 atom stereocenters. The molecule has 2 aromatic rings. The molecule has 0 radical (unpaired) electrons. The largest absolute Gasteiger partial charge is 0.417 e. The fourth-order valence-corrected chi connectivity index (χ4v) is 1.52. The molecule has 96 valence electrons. The zero-order valence-corrected chi connectivity index (χ0v) is 10.2. The topological polar surface area (TPSA) is 87.1 Å². The van der Waals surface area contributed by atoms with Gasteiger partial charge in [0.2, 0.25) is 0 Å². The van der Waals surface area contributed by atoms with Crippen LogP contribution in [0.2, 0.25) is 0 Å². The Bertz CT molecular complexity index is 614. The summed E-state index contributed by atoms with van der Waals surface area (Å²) >= 11 is 0. The second kappa shape index (κ2) is 4.95. The van der Waals surface area contributed by atoms with Gasteiger partial charge in [0.25, 0.3) is 0 Å². The lowest BCUT2D eigenvalue weighted by Gasteiger charge is -2.12. The van der Waals surface area contributed by atoms with Crippen LogP contribution >= 0.6 is 0 Å². The third-order valence-corrected chi connectivity index (χ3v) is 2.67. The van der Waals surface area contributed by atoms with Gasteiger partial charge in [-0.2, -0.15) is 0 Å². The standard InChI is InChI=1S/C12H15N3O3/c1-3-7(2)13-11(16)14-8-4-5-10-9(6-8)15-12(17)18-10/h4-7H,3H2,1-2H3,(H,15,17)(H2,13,14,16). The monoisotopic (exact) mass is 249 g/mol. The summed E-state index contributed by atoms with van der Waals surface area (Å²) in [5.41, 5.74) is 1.62. The molecule has 0 saturated heterocycles. The summed E-state index contributed by atoms with van der Waals surface area (Å²) < 4.78 is 4.87. The summed E-state index contributed by atoms with van der Waals surface area (Å²) in [5.74, 6) is -0.508. The van der Waals surface area contributed by atoms with E-state index in [-0.39, 0.29) is 12.1 Å². The number of oxazole rings is 1. The van der Waals surface area contributed by atoms with Gasteiger partial charge in [0.05, 0.1) is 5.52 Å². The second-order valence-electron chi connectivity index (χ2n) is 4.13. The van der Waals surface area contributed by atoms with Crippen LogP contribution in [-0.4, -0.2) is 17.1 Å². The molecule has 1 aromatic heterocycles. The Morgan fingerprint density at radius 3 is 3.00 bits per heavy atom. The third-order valence-electron chi connectivity index (χ3n) is 2.67. The fourth-order valence-electron chi connectivity index (χ4n) is 1.52. The molecule has 0 aliphatic rings. The first-order valence-corrected chi connectivity index (χ1v) is 5.79. The SMILES string of the molecule is CCC(C)NC(=O)Nc1ccc2oc(=O)[nH]c2c1. The number of carbonyl (C=O) groups is 1. The van der Waals surface area contributed by atoms with Crippen LogP contribution in [0.15, 0.2) is 27.4 Å². The van der Waals surface area contributed by atoms with Crippen molar-refractivity contribution in [2.75, 3.05) is 5.32 Å². The molecule has 18 heavy (non-hydrogen) atoms. The van der Waals surface area contributed by atoms with Gasteiger partial charge in [-0.15, -0.1) is 0 Å². The lowest BCUT2D eigenvalue weighted by atomic mass is 10.2. The van der Waals surface area contributed by atoms with E-state index in [1.165, 1.54) is 0 Å². The van der Waals surface area contributed by atoms with Gasteiger partial charge in [-0.25, -0.2) is 9.59 Å². The maximum absolute atomic E-state index is 11.6. The van der Waals surface area contributed by atoms with Gasteiger partial charge in [-0.3, -0.25) is 4.98 Å². The fraction of sp³-hybridized carbons (Fsp3) is 0.333. The number of hydrogen-bond donors (Lipinski definition) is 3. The van der Waals surface area contributed by atoms with Gasteiger partial charge in [0.1, 0.15) is 0 Å². The molecule has 1 heterocycles. The summed E-state index contributed by atoms with van der Waals surface area (Å²) in [6.45, 7) is 3.92. The molecule has 2 amide bonds. The molecule has 1 unspecified atom stereocenters. The Kier molecular flexibility index (Phi) is 3.36. The molecule has 3 N–H and O–H groups in total. The zero-order chi connectivity index (χ0) is 13.1. The Hall–Kier alpha value is -2.24. The van der Waals surface area contributed by atoms with Crippen LogP contribution < -0.4 is 16.4 Å². The van der Waals surface area contributed by atoms with Gasteiger partial charge in [0, 0.05) is 11.7 Å². The highest BCUT2D eigenvalue weighted by atomic mass is 16.4. The first-order valence-electron chi connectivity index (χ1n) is 5.79. The lowest BCUT2D eigenvalue weighted by Crippen LogP contribution is -2.35. The number of anilines is 1. The van der Waals surface area contributed by atoms with Crippen molar-refractivity contribution in [3.05, 3.63) is 28.7 Å². The number of urea groups is 1. The molecule has 0 aliphatic carbocycles. The molecule has 0 bridgehead atoms. The number of fused-ring (bicyclic) bond motifs is 1. The molecule has 0 aliphatic heterocycles. The quantitative estimate of drug-likeness (QED) is 0.777. The zero-order valence-electron chi connectivity index (χ0n) is 10.2. The van der Waals surface area contributed by atoms with Crippen LogP contribution in [-0.2, 0) is 0 Å². The van der Waals surface area contributed by atoms with Crippen LogP contribution in [0.1, 0.15) is 20.3 Å². The van der Waals surface area contributed by atoms with Gasteiger partial charge >= 0.3 is 11.8 Å². The van der Waals surface area contributed by atoms with Crippen molar-refractivity contribution < 1.29 is 9.21 Å². The molecular weight excluding hydrogens is 234 g/mol. The molecule has 0 spiro atoms. The molecule has 2 rings (SSSR count). The number of nitrogens with one attached hydrogen (secondary N) is 3. The van der Waals surface area contributed by atoms with E-state index < -0.39 is 5.76 Å². The summed E-state index contributed by atoms with van der Waals surface area (Å²) in [6.07, 6.45) is 0.863.